The normalized spacial score (nSPS) is 11.0. The minimum atomic E-state index is 0.359. The molecular weight excluding hydrogens is 424 g/mol. The molecular formula is C21H19ClN4OS2. The van der Waals surface area contributed by atoms with E-state index in [1.165, 1.54) is 0 Å². The Morgan fingerprint density at radius 1 is 1.07 bits per heavy atom. The Morgan fingerprint density at radius 2 is 1.86 bits per heavy atom. The summed E-state index contributed by atoms with van der Waals surface area (Å²) < 4.78 is 7.89. The molecule has 0 amide bonds. The standard InChI is InChI=1S/C21H19ClN4OS2/c1-2-26-19(12-27-18-10-8-16(22)9-11-18)24-25-21(26)29-14-17-13-28-20(23-17)15-6-4-3-5-7-15/h3-11,13H,2,12,14H2,1H3. The fourth-order valence-corrected chi connectivity index (χ4v) is 4.73. The summed E-state index contributed by atoms with van der Waals surface area (Å²) in [7, 11) is 0. The minimum Gasteiger partial charge on any atom is -0.486 e. The van der Waals surface area contributed by atoms with Gasteiger partial charge in [0.2, 0.25) is 0 Å². The van der Waals surface area contributed by atoms with Crippen LogP contribution < -0.4 is 4.74 Å². The van der Waals surface area contributed by atoms with Crippen molar-refractivity contribution in [2.24, 2.45) is 0 Å². The molecule has 0 spiro atoms. The van der Waals surface area contributed by atoms with Gasteiger partial charge in [0, 0.05) is 28.3 Å². The van der Waals surface area contributed by atoms with E-state index < -0.39 is 0 Å². The van der Waals surface area contributed by atoms with Crippen molar-refractivity contribution >= 4 is 34.7 Å². The number of thiazole rings is 1. The van der Waals surface area contributed by atoms with Crippen LogP contribution in [0.3, 0.4) is 0 Å². The molecule has 0 fully saturated rings. The number of nitrogens with zero attached hydrogens (tertiary/aromatic N) is 4. The third kappa shape index (κ3) is 4.98. The lowest BCUT2D eigenvalue weighted by Crippen LogP contribution is -2.07. The predicted molar refractivity (Wildman–Crippen MR) is 119 cm³/mol. The average molecular weight is 443 g/mol. The summed E-state index contributed by atoms with van der Waals surface area (Å²) in [5.41, 5.74) is 2.19. The lowest BCUT2D eigenvalue weighted by molar-refractivity contribution is 0.288. The van der Waals surface area contributed by atoms with Crippen LogP contribution in [0.15, 0.2) is 65.1 Å². The fraction of sp³-hybridized carbons (Fsp3) is 0.190. The largest absolute Gasteiger partial charge is 0.486 e. The predicted octanol–water partition coefficient (Wildman–Crippen LogP) is 5.95. The van der Waals surface area contributed by atoms with Crippen molar-refractivity contribution in [2.75, 3.05) is 0 Å². The van der Waals surface area contributed by atoms with Crippen LogP contribution >= 0.6 is 34.7 Å². The van der Waals surface area contributed by atoms with Crippen molar-refractivity contribution in [3.63, 3.8) is 0 Å². The summed E-state index contributed by atoms with van der Waals surface area (Å²) in [6.07, 6.45) is 0. The lowest BCUT2D eigenvalue weighted by Gasteiger charge is -2.08. The highest BCUT2D eigenvalue weighted by atomic mass is 35.5. The first-order chi connectivity index (χ1) is 14.2. The summed E-state index contributed by atoms with van der Waals surface area (Å²) >= 11 is 9.21. The number of ether oxygens (including phenoxy) is 1. The maximum Gasteiger partial charge on any atom is 0.191 e. The van der Waals surface area contributed by atoms with Gasteiger partial charge >= 0.3 is 0 Å². The van der Waals surface area contributed by atoms with Crippen molar-refractivity contribution in [1.29, 1.82) is 0 Å². The molecule has 29 heavy (non-hydrogen) atoms. The zero-order valence-corrected chi connectivity index (χ0v) is 18.2. The number of benzene rings is 2. The second kappa shape index (κ2) is 9.43. The van der Waals surface area contributed by atoms with Gasteiger partial charge in [-0.25, -0.2) is 4.98 Å². The number of hydrogen-bond acceptors (Lipinski definition) is 6. The van der Waals surface area contributed by atoms with Gasteiger partial charge in [-0.15, -0.1) is 21.5 Å². The summed E-state index contributed by atoms with van der Waals surface area (Å²) in [4.78, 5) is 4.75. The quantitative estimate of drug-likeness (QED) is 0.316. The Labute approximate surface area is 182 Å². The van der Waals surface area contributed by atoms with E-state index in [4.69, 9.17) is 21.3 Å². The van der Waals surface area contributed by atoms with Crippen molar-refractivity contribution in [1.82, 2.24) is 19.7 Å². The first kappa shape index (κ1) is 19.9. The van der Waals surface area contributed by atoms with Gasteiger partial charge in [-0.3, -0.25) is 0 Å². The molecule has 4 rings (SSSR count). The molecule has 0 saturated carbocycles. The third-order valence-corrected chi connectivity index (χ3v) is 6.41. The molecule has 8 heteroatoms. The van der Waals surface area contributed by atoms with Crippen LogP contribution in [0.2, 0.25) is 5.02 Å². The molecule has 0 unspecified atom stereocenters. The second-order valence-electron chi connectivity index (χ2n) is 6.18. The molecule has 0 aliphatic rings. The summed E-state index contributed by atoms with van der Waals surface area (Å²) in [6, 6.07) is 17.5. The average Bonchev–Trinajstić information content (AvgIpc) is 3.39. The highest BCUT2D eigenvalue weighted by Crippen LogP contribution is 2.27. The zero-order chi connectivity index (χ0) is 20.1. The lowest BCUT2D eigenvalue weighted by atomic mass is 10.2. The van der Waals surface area contributed by atoms with Crippen molar-refractivity contribution in [3.05, 3.63) is 76.5 Å². The molecule has 2 aromatic heterocycles. The van der Waals surface area contributed by atoms with Gasteiger partial charge in [0.15, 0.2) is 11.0 Å². The van der Waals surface area contributed by atoms with Gasteiger partial charge in [0.1, 0.15) is 17.4 Å². The molecule has 2 heterocycles. The Bertz CT molecular complexity index is 1060. The molecule has 5 nitrogen and oxygen atoms in total. The molecule has 0 N–H and O–H groups in total. The molecule has 0 aliphatic carbocycles. The second-order valence-corrected chi connectivity index (χ2v) is 8.42. The molecule has 148 valence electrons. The molecule has 4 aromatic rings. The van der Waals surface area contributed by atoms with Crippen molar-refractivity contribution in [3.8, 4) is 16.3 Å². The van der Waals surface area contributed by atoms with Crippen LogP contribution in [0, 0.1) is 0 Å². The minimum absolute atomic E-state index is 0.359. The van der Waals surface area contributed by atoms with E-state index in [9.17, 15) is 0 Å². The van der Waals surface area contributed by atoms with Crippen LogP contribution in [0.4, 0.5) is 0 Å². The Balaban J connectivity index is 1.39. The number of aromatic nitrogens is 4. The summed E-state index contributed by atoms with van der Waals surface area (Å²) in [6.45, 7) is 3.22. The summed E-state index contributed by atoms with van der Waals surface area (Å²) in [5.74, 6) is 2.30. The molecule has 0 bridgehead atoms. The fourth-order valence-electron chi connectivity index (χ4n) is 2.75. The first-order valence-corrected chi connectivity index (χ1v) is 11.4. The maximum atomic E-state index is 5.91. The number of halogens is 1. The van der Waals surface area contributed by atoms with E-state index in [-0.39, 0.29) is 0 Å². The Morgan fingerprint density at radius 3 is 2.62 bits per heavy atom. The highest BCUT2D eigenvalue weighted by molar-refractivity contribution is 7.98. The molecule has 2 aromatic carbocycles. The number of thioether (sulfide) groups is 1. The Hall–Kier alpha value is -2.35. The van der Waals surface area contributed by atoms with Gasteiger partial charge in [-0.1, -0.05) is 53.7 Å². The third-order valence-electron chi connectivity index (χ3n) is 4.21. The van der Waals surface area contributed by atoms with E-state index in [1.54, 1.807) is 35.2 Å². The van der Waals surface area contributed by atoms with Crippen molar-refractivity contribution < 1.29 is 4.74 Å². The van der Waals surface area contributed by atoms with E-state index >= 15 is 0 Å². The molecule has 0 atom stereocenters. The Kier molecular flexibility index (Phi) is 6.49. The van der Waals surface area contributed by atoms with Gasteiger partial charge in [-0.2, -0.15) is 0 Å². The van der Waals surface area contributed by atoms with Gasteiger partial charge < -0.3 is 9.30 Å². The zero-order valence-electron chi connectivity index (χ0n) is 15.8. The van der Waals surface area contributed by atoms with Crippen LogP contribution in [0.5, 0.6) is 5.75 Å². The topological polar surface area (TPSA) is 52.8 Å². The smallest absolute Gasteiger partial charge is 0.191 e. The first-order valence-electron chi connectivity index (χ1n) is 9.16. The number of hydrogen-bond donors (Lipinski definition) is 0. The van der Waals surface area contributed by atoms with Crippen LogP contribution in [0.25, 0.3) is 10.6 Å². The van der Waals surface area contributed by atoms with E-state index in [0.717, 1.165) is 45.3 Å². The van der Waals surface area contributed by atoms with E-state index in [2.05, 4.69) is 39.2 Å². The van der Waals surface area contributed by atoms with E-state index in [1.807, 2.05) is 30.3 Å². The van der Waals surface area contributed by atoms with Crippen LogP contribution in [0.1, 0.15) is 18.4 Å². The molecule has 0 radical (unpaired) electrons. The van der Waals surface area contributed by atoms with Gasteiger partial charge in [-0.05, 0) is 31.2 Å². The molecule has 0 aliphatic heterocycles. The highest BCUT2D eigenvalue weighted by Gasteiger charge is 2.13. The monoisotopic (exact) mass is 442 g/mol. The molecule has 0 saturated heterocycles. The van der Waals surface area contributed by atoms with Crippen molar-refractivity contribution in [2.45, 2.75) is 31.0 Å². The number of rotatable bonds is 8. The van der Waals surface area contributed by atoms with Crippen LogP contribution in [-0.2, 0) is 18.9 Å². The maximum absolute atomic E-state index is 5.91. The summed E-state index contributed by atoms with van der Waals surface area (Å²) in [5, 5.41) is 13.3. The van der Waals surface area contributed by atoms with Gasteiger partial charge in [0.05, 0.1) is 5.69 Å². The van der Waals surface area contributed by atoms with E-state index in [0.29, 0.717) is 11.6 Å². The SMILES string of the molecule is CCn1c(COc2ccc(Cl)cc2)nnc1SCc1csc(-c2ccccc2)n1. The van der Waals surface area contributed by atoms with Crippen LogP contribution in [-0.4, -0.2) is 19.7 Å². The van der Waals surface area contributed by atoms with Gasteiger partial charge in [0.25, 0.3) is 0 Å².